The molecule has 40 heavy (non-hydrogen) atoms. The van der Waals surface area contributed by atoms with Gasteiger partial charge in [0.1, 0.15) is 12.6 Å². The van der Waals surface area contributed by atoms with Crippen molar-refractivity contribution in [2.45, 2.75) is 50.5 Å². The first-order valence-electron chi connectivity index (χ1n) is 13.3. The molecule has 7 nitrogen and oxygen atoms in total. The molecule has 0 spiro atoms. The van der Waals surface area contributed by atoms with Gasteiger partial charge in [0.2, 0.25) is 11.8 Å². The van der Waals surface area contributed by atoms with Crippen LogP contribution in [-0.4, -0.2) is 50.8 Å². The van der Waals surface area contributed by atoms with Gasteiger partial charge in [-0.25, -0.2) is 8.42 Å². The third-order valence-corrected chi connectivity index (χ3v) is 8.82. The minimum atomic E-state index is -4.22. The minimum Gasteiger partial charge on any atom is -0.354 e. The van der Waals surface area contributed by atoms with Crippen LogP contribution in [0.1, 0.15) is 38.7 Å². The number of rotatable bonds is 14. The number of amides is 2. The van der Waals surface area contributed by atoms with Crippen LogP contribution in [0.25, 0.3) is 0 Å². The van der Waals surface area contributed by atoms with Crippen LogP contribution in [0, 0.1) is 0 Å². The van der Waals surface area contributed by atoms with Gasteiger partial charge < -0.3 is 10.2 Å². The first kappa shape index (κ1) is 31.5. The molecular formula is C30H35Cl2N3O4S. The molecule has 0 saturated carbocycles. The summed E-state index contributed by atoms with van der Waals surface area (Å²) < 4.78 is 28.7. The highest BCUT2D eigenvalue weighted by Gasteiger charge is 2.34. The van der Waals surface area contributed by atoms with E-state index in [-0.39, 0.29) is 33.1 Å². The number of hydrogen-bond donors (Lipinski definition) is 1. The van der Waals surface area contributed by atoms with Gasteiger partial charge in [-0.1, -0.05) is 92.0 Å². The second-order valence-electron chi connectivity index (χ2n) is 9.31. The number of nitrogens with one attached hydrogen (secondary N) is 1. The average Bonchev–Trinajstić information content (AvgIpc) is 2.96. The minimum absolute atomic E-state index is 0.000900. The summed E-state index contributed by atoms with van der Waals surface area (Å²) in [6.45, 7) is 4.02. The zero-order valence-electron chi connectivity index (χ0n) is 22.7. The number of benzene rings is 3. The van der Waals surface area contributed by atoms with Gasteiger partial charge in [0, 0.05) is 18.1 Å². The van der Waals surface area contributed by atoms with Crippen LogP contribution in [0.4, 0.5) is 5.69 Å². The first-order chi connectivity index (χ1) is 19.2. The molecule has 0 unspecified atom stereocenters. The lowest BCUT2D eigenvalue weighted by atomic mass is 10.1. The van der Waals surface area contributed by atoms with E-state index in [1.807, 2.05) is 44.2 Å². The quantitative estimate of drug-likeness (QED) is 0.230. The number of nitrogens with zero attached hydrogens (tertiary/aromatic N) is 2. The van der Waals surface area contributed by atoms with Gasteiger partial charge in [-0.05, 0) is 55.2 Å². The Labute approximate surface area is 247 Å². The van der Waals surface area contributed by atoms with E-state index in [0.717, 1.165) is 22.7 Å². The Morgan fingerprint density at radius 2 is 1.57 bits per heavy atom. The van der Waals surface area contributed by atoms with Crippen LogP contribution < -0.4 is 9.62 Å². The zero-order chi connectivity index (χ0) is 29.1. The maximum atomic E-state index is 14.0. The number of carbonyl (C=O) groups excluding carboxylic acids is 2. The van der Waals surface area contributed by atoms with E-state index in [4.69, 9.17) is 23.2 Å². The molecule has 0 aromatic heterocycles. The van der Waals surface area contributed by atoms with E-state index in [0.29, 0.717) is 19.4 Å². The molecule has 0 aliphatic rings. The number of sulfonamides is 1. The van der Waals surface area contributed by atoms with Gasteiger partial charge >= 0.3 is 0 Å². The van der Waals surface area contributed by atoms with Crippen molar-refractivity contribution in [3.05, 3.63) is 94.5 Å². The Bertz CT molecular complexity index is 1370. The molecule has 1 atom stereocenters. The molecule has 0 aliphatic carbocycles. The molecule has 214 valence electrons. The molecule has 3 aromatic rings. The molecule has 1 N–H and O–H groups in total. The summed E-state index contributed by atoms with van der Waals surface area (Å²) in [5.41, 5.74) is 1.07. The summed E-state index contributed by atoms with van der Waals surface area (Å²) in [6.07, 6.45) is 2.59. The SMILES string of the molecule is CCCCNC(=O)[C@H](CC)N(CCc1ccccc1)C(=O)CN(c1cc(Cl)ccc1Cl)S(=O)(=O)c1ccccc1. The van der Waals surface area contributed by atoms with Crippen LogP contribution >= 0.6 is 23.2 Å². The van der Waals surface area contributed by atoms with Crippen molar-refractivity contribution in [2.75, 3.05) is 23.9 Å². The summed E-state index contributed by atoms with van der Waals surface area (Å²) in [4.78, 5) is 28.7. The number of hydrogen-bond acceptors (Lipinski definition) is 4. The van der Waals surface area contributed by atoms with Crippen LogP contribution in [-0.2, 0) is 26.0 Å². The van der Waals surface area contributed by atoms with Crippen LogP contribution in [0.2, 0.25) is 10.0 Å². The van der Waals surface area contributed by atoms with E-state index >= 15 is 0 Å². The van der Waals surface area contributed by atoms with E-state index in [2.05, 4.69) is 5.32 Å². The fourth-order valence-electron chi connectivity index (χ4n) is 4.31. The van der Waals surface area contributed by atoms with E-state index < -0.39 is 28.5 Å². The molecule has 2 amide bonds. The Hall–Kier alpha value is -3.07. The van der Waals surface area contributed by atoms with Gasteiger partial charge in [-0.15, -0.1) is 0 Å². The van der Waals surface area contributed by atoms with Gasteiger partial charge in [0.25, 0.3) is 10.0 Å². The second-order valence-corrected chi connectivity index (χ2v) is 12.0. The predicted octanol–water partition coefficient (Wildman–Crippen LogP) is 5.95. The van der Waals surface area contributed by atoms with Gasteiger partial charge in [0.05, 0.1) is 15.6 Å². The van der Waals surface area contributed by atoms with E-state index in [1.54, 1.807) is 24.3 Å². The van der Waals surface area contributed by atoms with E-state index in [1.165, 1.54) is 29.2 Å². The molecule has 10 heteroatoms. The van der Waals surface area contributed by atoms with Crippen molar-refractivity contribution in [2.24, 2.45) is 0 Å². The highest BCUT2D eigenvalue weighted by atomic mass is 35.5. The maximum Gasteiger partial charge on any atom is 0.264 e. The average molecular weight is 605 g/mol. The Morgan fingerprint density at radius 3 is 2.20 bits per heavy atom. The Kier molecular flexibility index (Phi) is 11.9. The lowest BCUT2D eigenvalue weighted by Gasteiger charge is -2.33. The lowest BCUT2D eigenvalue weighted by Crippen LogP contribution is -2.53. The zero-order valence-corrected chi connectivity index (χ0v) is 25.1. The highest BCUT2D eigenvalue weighted by molar-refractivity contribution is 7.92. The third-order valence-electron chi connectivity index (χ3n) is 6.49. The third kappa shape index (κ3) is 8.22. The molecule has 3 rings (SSSR count). The summed E-state index contributed by atoms with van der Waals surface area (Å²) in [7, 11) is -4.22. The summed E-state index contributed by atoms with van der Waals surface area (Å²) in [5, 5.41) is 3.31. The van der Waals surface area contributed by atoms with Gasteiger partial charge in [0.15, 0.2) is 0 Å². The highest BCUT2D eigenvalue weighted by Crippen LogP contribution is 2.33. The molecule has 0 heterocycles. The van der Waals surface area contributed by atoms with Gasteiger partial charge in [-0.2, -0.15) is 0 Å². The lowest BCUT2D eigenvalue weighted by molar-refractivity contribution is -0.139. The fraction of sp³-hybridized carbons (Fsp3) is 0.333. The predicted molar refractivity (Wildman–Crippen MR) is 161 cm³/mol. The molecule has 0 bridgehead atoms. The molecule has 0 radical (unpaired) electrons. The van der Waals surface area contributed by atoms with Crippen LogP contribution in [0.3, 0.4) is 0 Å². The number of unbranched alkanes of at least 4 members (excludes halogenated alkanes) is 1. The monoisotopic (exact) mass is 603 g/mol. The number of halogens is 2. The van der Waals surface area contributed by atoms with Crippen LogP contribution in [0.15, 0.2) is 83.8 Å². The van der Waals surface area contributed by atoms with Crippen LogP contribution in [0.5, 0.6) is 0 Å². The molecule has 0 saturated heterocycles. The number of anilines is 1. The maximum absolute atomic E-state index is 14.0. The van der Waals surface area contributed by atoms with Crippen molar-refractivity contribution in [3.63, 3.8) is 0 Å². The Balaban J connectivity index is 2.01. The first-order valence-corrected chi connectivity index (χ1v) is 15.5. The summed E-state index contributed by atoms with van der Waals surface area (Å²) in [5.74, 6) is -0.792. The standard InChI is InChI=1S/C30H35Cl2N3O4S/c1-3-5-19-33-30(37)27(4-2)34(20-18-23-12-8-6-9-13-23)29(36)22-35(28-21-24(31)16-17-26(28)32)40(38,39)25-14-10-7-11-15-25/h6-17,21,27H,3-5,18-20,22H2,1-2H3,(H,33,37)/t27-/m0/s1. The summed E-state index contributed by atoms with van der Waals surface area (Å²) in [6, 6.07) is 21.1. The Morgan fingerprint density at radius 1 is 0.925 bits per heavy atom. The van der Waals surface area contributed by atoms with Crippen molar-refractivity contribution in [1.82, 2.24) is 10.2 Å². The topological polar surface area (TPSA) is 86.8 Å². The molecule has 0 fully saturated rings. The van der Waals surface area contributed by atoms with Crippen molar-refractivity contribution >= 4 is 50.7 Å². The normalized spacial score (nSPS) is 12.0. The largest absolute Gasteiger partial charge is 0.354 e. The van der Waals surface area contributed by atoms with Gasteiger partial charge in [-0.3, -0.25) is 13.9 Å². The number of carbonyl (C=O) groups is 2. The molecular weight excluding hydrogens is 569 g/mol. The fourth-order valence-corrected chi connectivity index (χ4v) is 6.19. The molecule has 3 aromatic carbocycles. The van der Waals surface area contributed by atoms with E-state index in [9.17, 15) is 18.0 Å². The van der Waals surface area contributed by atoms with Crippen molar-refractivity contribution < 1.29 is 18.0 Å². The summed E-state index contributed by atoms with van der Waals surface area (Å²) >= 11 is 12.7. The van der Waals surface area contributed by atoms with Crippen molar-refractivity contribution in [3.8, 4) is 0 Å². The second kappa shape index (κ2) is 15.1. The molecule has 0 aliphatic heterocycles. The smallest absolute Gasteiger partial charge is 0.264 e. The van der Waals surface area contributed by atoms with Crippen molar-refractivity contribution in [1.29, 1.82) is 0 Å².